The lowest BCUT2D eigenvalue weighted by Gasteiger charge is -2.28. The molecule has 0 saturated carbocycles. The van der Waals surface area contributed by atoms with E-state index in [1.807, 2.05) is 42.5 Å². The maximum Gasteiger partial charge on any atom is 0.230 e. The van der Waals surface area contributed by atoms with E-state index in [-0.39, 0.29) is 0 Å². The molecule has 0 aliphatic rings. The van der Waals surface area contributed by atoms with Gasteiger partial charge >= 0.3 is 0 Å². The van der Waals surface area contributed by atoms with Crippen molar-refractivity contribution in [2.75, 3.05) is 11.4 Å². The summed E-state index contributed by atoms with van der Waals surface area (Å²) in [5.74, 6) is 3.51. The molecule has 0 fully saturated rings. The second kappa shape index (κ2) is 10.3. The first-order chi connectivity index (χ1) is 16.3. The molecular weight excluding hydrogens is 416 g/mol. The number of nitriles is 1. The lowest BCUT2D eigenvalue weighted by Crippen LogP contribution is -2.66. The Morgan fingerprint density at radius 1 is 0.697 bits per heavy atom. The van der Waals surface area contributed by atoms with Crippen LogP contribution in [0.15, 0.2) is 128 Å². The Bertz CT molecular complexity index is 1220. The molecule has 158 valence electrons. The Morgan fingerprint density at radius 2 is 1.15 bits per heavy atom. The highest BCUT2D eigenvalue weighted by Gasteiger charge is 2.38. The molecule has 33 heavy (non-hydrogen) atoms. The SMILES string of the molecule is C=CCN(C#N)c1ccccc1C#C[Si](c1ccccc1)(c1ccccc1)c1ccccc1. The summed E-state index contributed by atoms with van der Waals surface area (Å²) in [6.07, 6.45) is 3.98. The monoisotopic (exact) mass is 440 g/mol. The molecule has 0 aliphatic heterocycles. The summed E-state index contributed by atoms with van der Waals surface area (Å²) in [6.45, 7) is 4.22. The molecule has 2 nitrogen and oxygen atoms in total. The number of nitrogens with zero attached hydrogens (tertiary/aromatic N) is 2. The van der Waals surface area contributed by atoms with Gasteiger partial charge in [0.1, 0.15) is 0 Å². The molecule has 0 unspecified atom stereocenters. The molecule has 0 aliphatic carbocycles. The third-order valence-electron chi connectivity index (χ3n) is 5.63. The molecular formula is C30H24N2Si. The molecule has 0 heterocycles. The van der Waals surface area contributed by atoms with E-state index in [0.717, 1.165) is 11.3 Å². The van der Waals surface area contributed by atoms with Gasteiger partial charge < -0.3 is 0 Å². The maximum atomic E-state index is 9.69. The minimum Gasteiger partial charge on any atom is -0.274 e. The summed E-state index contributed by atoms with van der Waals surface area (Å²) in [6, 6.07) is 39.6. The van der Waals surface area contributed by atoms with Crippen LogP contribution in [0, 0.1) is 22.9 Å². The van der Waals surface area contributed by atoms with E-state index < -0.39 is 8.07 Å². The maximum absolute atomic E-state index is 9.69. The van der Waals surface area contributed by atoms with Gasteiger partial charge in [0.05, 0.1) is 12.2 Å². The predicted molar refractivity (Wildman–Crippen MR) is 140 cm³/mol. The van der Waals surface area contributed by atoms with E-state index in [9.17, 15) is 5.26 Å². The Morgan fingerprint density at radius 3 is 1.61 bits per heavy atom. The van der Waals surface area contributed by atoms with Crippen LogP contribution in [0.25, 0.3) is 0 Å². The molecule has 0 aromatic heterocycles. The van der Waals surface area contributed by atoms with E-state index >= 15 is 0 Å². The minimum atomic E-state index is -2.68. The summed E-state index contributed by atoms with van der Waals surface area (Å²) in [7, 11) is -2.68. The molecule has 3 heteroatoms. The van der Waals surface area contributed by atoms with Gasteiger partial charge in [-0.1, -0.05) is 115 Å². The number of benzene rings is 4. The molecule has 4 aromatic rings. The van der Waals surface area contributed by atoms with Crippen LogP contribution in [-0.4, -0.2) is 14.6 Å². The third kappa shape index (κ3) is 4.50. The van der Waals surface area contributed by atoms with Crippen LogP contribution in [0.3, 0.4) is 0 Å². The van der Waals surface area contributed by atoms with Crippen molar-refractivity contribution in [3.05, 3.63) is 133 Å². The van der Waals surface area contributed by atoms with Crippen molar-refractivity contribution in [3.63, 3.8) is 0 Å². The fourth-order valence-electron chi connectivity index (χ4n) is 4.08. The van der Waals surface area contributed by atoms with Crippen LogP contribution < -0.4 is 20.5 Å². The summed E-state index contributed by atoms with van der Waals surface area (Å²) < 4.78 is 0. The zero-order chi connectivity index (χ0) is 22.9. The van der Waals surface area contributed by atoms with Gasteiger partial charge in [-0.15, -0.1) is 12.1 Å². The molecule has 0 radical (unpaired) electrons. The lowest BCUT2D eigenvalue weighted by atomic mass is 10.1. The van der Waals surface area contributed by atoms with E-state index in [4.69, 9.17) is 0 Å². The molecule has 0 N–H and O–H groups in total. The van der Waals surface area contributed by atoms with E-state index in [0.29, 0.717) is 6.54 Å². The van der Waals surface area contributed by atoms with E-state index in [1.54, 1.807) is 11.0 Å². The first kappa shape index (κ1) is 21.9. The number of para-hydroxylation sites is 1. The number of rotatable bonds is 6. The zero-order valence-corrected chi connectivity index (χ0v) is 19.4. The van der Waals surface area contributed by atoms with Gasteiger partial charge in [-0.25, -0.2) is 0 Å². The predicted octanol–water partition coefficient (Wildman–Crippen LogP) is 4.22. The van der Waals surface area contributed by atoms with Gasteiger partial charge in [0.15, 0.2) is 6.19 Å². The lowest BCUT2D eigenvalue weighted by molar-refractivity contribution is 1.10. The summed E-state index contributed by atoms with van der Waals surface area (Å²) >= 11 is 0. The van der Waals surface area contributed by atoms with Crippen molar-refractivity contribution in [1.82, 2.24) is 0 Å². The highest BCUT2D eigenvalue weighted by atomic mass is 28.3. The normalized spacial score (nSPS) is 10.4. The fourth-order valence-corrected chi connectivity index (χ4v) is 7.91. The first-order valence-electron chi connectivity index (χ1n) is 10.9. The molecule has 0 spiro atoms. The van der Waals surface area contributed by atoms with Crippen molar-refractivity contribution in [3.8, 4) is 17.7 Å². The van der Waals surface area contributed by atoms with Crippen molar-refractivity contribution in [1.29, 1.82) is 5.26 Å². The van der Waals surface area contributed by atoms with E-state index in [1.165, 1.54) is 15.6 Å². The molecule has 0 saturated heterocycles. The van der Waals surface area contributed by atoms with Crippen molar-refractivity contribution < 1.29 is 0 Å². The first-order valence-corrected chi connectivity index (χ1v) is 12.9. The smallest absolute Gasteiger partial charge is 0.230 e. The number of anilines is 1. The number of hydrogen-bond acceptors (Lipinski definition) is 2. The third-order valence-corrected chi connectivity index (χ3v) is 9.73. The molecule has 0 bridgehead atoms. The van der Waals surface area contributed by atoms with Gasteiger partial charge in [-0.3, -0.25) is 4.90 Å². The number of hydrogen-bond donors (Lipinski definition) is 0. The van der Waals surface area contributed by atoms with Crippen molar-refractivity contribution in [2.24, 2.45) is 0 Å². The highest BCUT2D eigenvalue weighted by Crippen LogP contribution is 2.19. The molecule has 0 amide bonds. The summed E-state index contributed by atoms with van der Waals surface area (Å²) in [4.78, 5) is 1.62. The van der Waals surface area contributed by atoms with Gasteiger partial charge in [0.2, 0.25) is 8.07 Å². The van der Waals surface area contributed by atoms with Gasteiger partial charge in [-0.05, 0) is 27.7 Å². The quantitative estimate of drug-likeness (QED) is 0.112. The Hall–Kier alpha value is -4.31. The Labute approximate surface area is 197 Å². The Balaban J connectivity index is 2.00. The average Bonchev–Trinajstić information content (AvgIpc) is 2.90. The van der Waals surface area contributed by atoms with Crippen LogP contribution in [0.2, 0.25) is 0 Å². The largest absolute Gasteiger partial charge is 0.274 e. The van der Waals surface area contributed by atoms with Crippen LogP contribution in [0.1, 0.15) is 5.56 Å². The second-order valence-corrected chi connectivity index (χ2v) is 11.1. The summed E-state index contributed by atoms with van der Waals surface area (Å²) in [5, 5.41) is 13.4. The topological polar surface area (TPSA) is 27.0 Å². The van der Waals surface area contributed by atoms with Crippen LogP contribution in [0.5, 0.6) is 0 Å². The second-order valence-electron chi connectivity index (χ2n) is 7.61. The fraction of sp³-hybridized carbons (Fsp3) is 0.0333. The van der Waals surface area contributed by atoms with Gasteiger partial charge in [-0.2, -0.15) is 5.26 Å². The summed E-state index contributed by atoms with van der Waals surface area (Å²) in [5.41, 5.74) is 5.42. The van der Waals surface area contributed by atoms with Crippen molar-refractivity contribution >= 4 is 29.3 Å². The zero-order valence-electron chi connectivity index (χ0n) is 18.4. The molecule has 4 aromatic carbocycles. The van der Waals surface area contributed by atoms with Crippen LogP contribution in [0.4, 0.5) is 5.69 Å². The standard InChI is InChI=1S/C30H24N2Si/c1-2-23-32(25-31)30-21-13-12-14-26(30)22-24-33(27-15-6-3-7-16-27,28-17-8-4-9-18-28)29-19-10-5-11-20-29/h2-21H,1,23H2. The van der Waals surface area contributed by atoms with Crippen LogP contribution in [-0.2, 0) is 0 Å². The van der Waals surface area contributed by atoms with E-state index in [2.05, 4.69) is 97.0 Å². The average molecular weight is 441 g/mol. The molecule has 4 rings (SSSR count). The van der Waals surface area contributed by atoms with Crippen LogP contribution >= 0.6 is 0 Å². The Kier molecular flexibility index (Phi) is 6.86. The molecule has 0 atom stereocenters. The van der Waals surface area contributed by atoms with Crippen molar-refractivity contribution in [2.45, 2.75) is 0 Å². The van der Waals surface area contributed by atoms with Gasteiger partial charge in [0, 0.05) is 5.56 Å². The highest BCUT2D eigenvalue weighted by molar-refractivity contribution is 7.16. The minimum absolute atomic E-state index is 0.438. The van der Waals surface area contributed by atoms with Gasteiger partial charge in [0.25, 0.3) is 0 Å².